The Bertz CT molecular complexity index is 637. The van der Waals surface area contributed by atoms with E-state index in [1.807, 2.05) is 41.8 Å². The molecule has 2 heterocycles. The first-order chi connectivity index (χ1) is 11.7. The number of hydrogen-bond donors (Lipinski definition) is 2. The van der Waals surface area contributed by atoms with Gasteiger partial charge in [0.05, 0.1) is 13.2 Å². The van der Waals surface area contributed by atoms with E-state index in [2.05, 4.69) is 10.2 Å². The molecule has 1 aromatic heterocycles. The molecule has 128 valence electrons. The average molecular weight is 346 g/mol. The number of ether oxygens (including phenoxy) is 1. The van der Waals surface area contributed by atoms with E-state index in [0.717, 1.165) is 37.7 Å². The Morgan fingerprint density at radius 2 is 2.00 bits per heavy atom. The van der Waals surface area contributed by atoms with Gasteiger partial charge in [0.2, 0.25) is 0 Å². The lowest BCUT2D eigenvalue weighted by molar-refractivity contribution is 0.0342. The van der Waals surface area contributed by atoms with Gasteiger partial charge in [-0.1, -0.05) is 18.2 Å². The molecule has 1 aromatic carbocycles. The number of aliphatic hydroxyl groups is 1. The number of rotatable bonds is 6. The maximum Gasteiger partial charge on any atom is 0.251 e. The normalized spacial score (nSPS) is 16.7. The Kier molecular flexibility index (Phi) is 5.98. The molecule has 1 saturated heterocycles. The zero-order chi connectivity index (χ0) is 16.8. The number of morpholine rings is 1. The predicted molar refractivity (Wildman–Crippen MR) is 94.2 cm³/mol. The molecule has 3 rings (SSSR count). The lowest BCUT2D eigenvalue weighted by Crippen LogP contribution is -2.35. The van der Waals surface area contributed by atoms with E-state index in [1.165, 1.54) is 16.9 Å². The molecule has 6 heteroatoms. The van der Waals surface area contributed by atoms with Gasteiger partial charge >= 0.3 is 0 Å². The van der Waals surface area contributed by atoms with Crippen molar-refractivity contribution >= 4 is 17.2 Å². The van der Waals surface area contributed by atoms with Gasteiger partial charge in [0.25, 0.3) is 5.91 Å². The molecule has 1 atom stereocenters. The van der Waals surface area contributed by atoms with E-state index < -0.39 is 6.10 Å². The molecule has 1 unspecified atom stereocenters. The van der Waals surface area contributed by atoms with E-state index >= 15 is 0 Å². The number of carbonyl (C=O) groups is 1. The van der Waals surface area contributed by atoms with Crippen molar-refractivity contribution < 1.29 is 14.6 Å². The van der Waals surface area contributed by atoms with E-state index in [4.69, 9.17) is 4.74 Å². The minimum Gasteiger partial charge on any atom is -0.386 e. The van der Waals surface area contributed by atoms with Crippen molar-refractivity contribution in [3.63, 3.8) is 0 Å². The van der Waals surface area contributed by atoms with Crippen LogP contribution in [0.3, 0.4) is 0 Å². The van der Waals surface area contributed by atoms with Gasteiger partial charge in [-0.05, 0) is 29.1 Å². The molecular formula is C18H22N2O3S. The zero-order valence-electron chi connectivity index (χ0n) is 13.5. The third-order valence-corrected chi connectivity index (χ3v) is 5.03. The number of thiophene rings is 1. The van der Waals surface area contributed by atoms with Crippen molar-refractivity contribution in [3.8, 4) is 0 Å². The van der Waals surface area contributed by atoms with Gasteiger partial charge in [-0.15, -0.1) is 11.3 Å². The summed E-state index contributed by atoms with van der Waals surface area (Å²) in [5.41, 5.74) is 1.80. The summed E-state index contributed by atoms with van der Waals surface area (Å²) in [6.45, 7) is 4.56. The van der Waals surface area contributed by atoms with Gasteiger partial charge in [0.1, 0.15) is 6.10 Å². The first-order valence-electron chi connectivity index (χ1n) is 8.11. The van der Waals surface area contributed by atoms with Crippen molar-refractivity contribution in [2.45, 2.75) is 12.6 Å². The lowest BCUT2D eigenvalue weighted by atomic mass is 10.1. The van der Waals surface area contributed by atoms with Crippen molar-refractivity contribution in [1.82, 2.24) is 10.2 Å². The smallest absolute Gasteiger partial charge is 0.251 e. The highest BCUT2D eigenvalue weighted by Gasteiger charge is 2.13. The second kappa shape index (κ2) is 8.39. The van der Waals surface area contributed by atoms with Crippen LogP contribution in [0.15, 0.2) is 41.8 Å². The Labute approximate surface area is 145 Å². The molecule has 0 bridgehead atoms. The number of nitrogens with one attached hydrogen (secondary N) is 1. The molecule has 2 aromatic rings. The molecule has 1 aliphatic rings. The maximum absolute atomic E-state index is 12.2. The number of aliphatic hydroxyl groups excluding tert-OH is 1. The summed E-state index contributed by atoms with van der Waals surface area (Å²) in [4.78, 5) is 15.4. The van der Waals surface area contributed by atoms with Crippen LogP contribution in [0.4, 0.5) is 0 Å². The van der Waals surface area contributed by atoms with Gasteiger partial charge in [-0.25, -0.2) is 0 Å². The van der Waals surface area contributed by atoms with Crippen molar-refractivity contribution in [3.05, 3.63) is 57.8 Å². The van der Waals surface area contributed by atoms with Gasteiger partial charge in [-0.3, -0.25) is 9.69 Å². The minimum absolute atomic E-state index is 0.163. The monoisotopic (exact) mass is 346 g/mol. The molecule has 0 spiro atoms. The fourth-order valence-corrected chi connectivity index (χ4v) is 3.36. The fourth-order valence-electron chi connectivity index (χ4n) is 2.65. The summed E-state index contributed by atoms with van der Waals surface area (Å²) in [7, 11) is 0. The molecule has 0 aliphatic carbocycles. The van der Waals surface area contributed by atoms with Crippen LogP contribution in [-0.4, -0.2) is 48.8 Å². The standard InChI is InChI=1S/C18H22N2O3S/c21-16(17-2-1-11-24-17)12-19-18(22)15-5-3-14(4-6-15)13-20-7-9-23-10-8-20/h1-6,11,16,21H,7-10,12-13H2,(H,19,22). The Morgan fingerprint density at radius 3 is 2.67 bits per heavy atom. The molecule has 0 saturated carbocycles. The van der Waals surface area contributed by atoms with Crippen LogP contribution in [0.1, 0.15) is 26.9 Å². The molecule has 1 amide bonds. The Hall–Kier alpha value is -1.73. The zero-order valence-corrected chi connectivity index (χ0v) is 14.3. The second-order valence-corrected chi connectivity index (χ2v) is 6.81. The number of nitrogens with zero attached hydrogens (tertiary/aromatic N) is 1. The summed E-state index contributed by atoms with van der Waals surface area (Å²) in [6, 6.07) is 11.4. The highest BCUT2D eigenvalue weighted by Crippen LogP contribution is 2.18. The van der Waals surface area contributed by atoms with Crippen LogP contribution in [0.5, 0.6) is 0 Å². The van der Waals surface area contributed by atoms with Crippen LogP contribution in [-0.2, 0) is 11.3 Å². The van der Waals surface area contributed by atoms with Crippen molar-refractivity contribution in [2.75, 3.05) is 32.8 Å². The van der Waals surface area contributed by atoms with Gasteiger partial charge < -0.3 is 15.2 Å². The van der Waals surface area contributed by atoms with Gasteiger partial charge in [-0.2, -0.15) is 0 Å². The third kappa shape index (κ3) is 4.64. The van der Waals surface area contributed by atoms with Crippen LogP contribution >= 0.6 is 11.3 Å². The Morgan fingerprint density at radius 1 is 1.25 bits per heavy atom. The first-order valence-corrected chi connectivity index (χ1v) is 8.99. The number of carbonyl (C=O) groups excluding carboxylic acids is 1. The molecule has 0 radical (unpaired) electrons. The van der Waals surface area contributed by atoms with Crippen molar-refractivity contribution in [2.24, 2.45) is 0 Å². The van der Waals surface area contributed by atoms with E-state index in [1.54, 1.807) is 0 Å². The van der Waals surface area contributed by atoms with Crippen LogP contribution in [0.25, 0.3) is 0 Å². The van der Waals surface area contributed by atoms with E-state index in [9.17, 15) is 9.90 Å². The summed E-state index contributed by atoms with van der Waals surface area (Å²) >= 11 is 1.48. The topological polar surface area (TPSA) is 61.8 Å². The number of hydrogen-bond acceptors (Lipinski definition) is 5. The van der Waals surface area contributed by atoms with E-state index in [-0.39, 0.29) is 12.5 Å². The third-order valence-electron chi connectivity index (χ3n) is 4.05. The van der Waals surface area contributed by atoms with Crippen LogP contribution in [0, 0.1) is 0 Å². The predicted octanol–water partition coefficient (Wildman–Crippen LogP) is 2.04. The maximum atomic E-state index is 12.2. The average Bonchev–Trinajstić information content (AvgIpc) is 3.16. The largest absolute Gasteiger partial charge is 0.386 e. The molecule has 5 nitrogen and oxygen atoms in total. The van der Waals surface area contributed by atoms with Crippen LogP contribution < -0.4 is 5.32 Å². The van der Waals surface area contributed by atoms with Crippen LogP contribution in [0.2, 0.25) is 0 Å². The lowest BCUT2D eigenvalue weighted by Gasteiger charge is -2.26. The van der Waals surface area contributed by atoms with Gasteiger partial charge in [0.15, 0.2) is 0 Å². The van der Waals surface area contributed by atoms with Crippen molar-refractivity contribution in [1.29, 1.82) is 0 Å². The quantitative estimate of drug-likeness (QED) is 0.840. The number of amides is 1. The molecule has 1 fully saturated rings. The summed E-state index contributed by atoms with van der Waals surface area (Å²) in [5.74, 6) is -0.163. The molecule has 2 N–H and O–H groups in total. The summed E-state index contributed by atoms with van der Waals surface area (Å²) in [6.07, 6.45) is -0.658. The Balaban J connectivity index is 1.50. The molecule has 1 aliphatic heterocycles. The van der Waals surface area contributed by atoms with E-state index in [0.29, 0.717) is 5.56 Å². The second-order valence-electron chi connectivity index (χ2n) is 5.83. The SMILES string of the molecule is O=C(NCC(O)c1cccs1)c1ccc(CN2CCOCC2)cc1. The summed E-state index contributed by atoms with van der Waals surface area (Å²) in [5, 5.41) is 14.7. The first kappa shape index (κ1) is 17.1. The minimum atomic E-state index is -0.658. The summed E-state index contributed by atoms with van der Waals surface area (Å²) < 4.78 is 5.35. The van der Waals surface area contributed by atoms with Gasteiger partial charge in [0, 0.05) is 36.6 Å². The molecule has 24 heavy (non-hydrogen) atoms. The fraction of sp³-hybridized carbons (Fsp3) is 0.389. The highest BCUT2D eigenvalue weighted by atomic mass is 32.1. The molecular weight excluding hydrogens is 324 g/mol. The number of benzene rings is 1. The highest BCUT2D eigenvalue weighted by molar-refractivity contribution is 7.10.